The second-order valence-corrected chi connectivity index (χ2v) is 8.73. The number of carbonyl (C=O) groups is 2. The van der Waals surface area contributed by atoms with Crippen molar-refractivity contribution in [3.05, 3.63) is 64.7 Å². The quantitative estimate of drug-likeness (QED) is 0.785. The van der Waals surface area contributed by atoms with Crippen LogP contribution in [0.25, 0.3) is 0 Å². The molecule has 0 aliphatic carbocycles. The van der Waals surface area contributed by atoms with Crippen LogP contribution in [-0.2, 0) is 11.2 Å². The summed E-state index contributed by atoms with van der Waals surface area (Å²) in [4.78, 5) is 26.7. The highest BCUT2D eigenvalue weighted by Gasteiger charge is 2.36. The topological polar surface area (TPSA) is 58.6 Å². The predicted octanol–water partition coefficient (Wildman–Crippen LogP) is 4.44. The summed E-state index contributed by atoms with van der Waals surface area (Å²) in [5, 5.41) is 3.65. The molecule has 0 radical (unpaired) electrons. The molecule has 29 heavy (non-hydrogen) atoms. The molecule has 2 heterocycles. The Hall–Kier alpha value is -2.82. The minimum absolute atomic E-state index is 0.0744. The first kappa shape index (κ1) is 19.5. The normalized spacial score (nSPS) is 20.0. The Kier molecular flexibility index (Phi) is 5.07. The van der Waals surface area contributed by atoms with E-state index in [1.807, 2.05) is 35.2 Å². The van der Waals surface area contributed by atoms with Crippen molar-refractivity contribution in [2.45, 2.75) is 39.2 Å². The number of nitrogens with zero attached hydrogens (tertiary/aromatic N) is 1. The fraction of sp³-hybridized carbons (Fsp3) is 0.417. The number of anilines is 1. The monoisotopic (exact) mass is 392 g/mol. The van der Waals surface area contributed by atoms with Crippen LogP contribution >= 0.6 is 0 Å². The van der Waals surface area contributed by atoms with Crippen molar-refractivity contribution in [1.82, 2.24) is 4.90 Å². The van der Waals surface area contributed by atoms with E-state index in [1.165, 1.54) is 7.11 Å². The molecule has 0 bridgehead atoms. The molecule has 1 amide bonds. The van der Waals surface area contributed by atoms with Crippen molar-refractivity contribution in [2.75, 3.05) is 25.5 Å². The van der Waals surface area contributed by atoms with Gasteiger partial charge in [-0.15, -0.1) is 0 Å². The number of carbonyl (C=O) groups excluding carboxylic acids is 2. The summed E-state index contributed by atoms with van der Waals surface area (Å²) >= 11 is 0. The van der Waals surface area contributed by atoms with Crippen LogP contribution in [0.15, 0.2) is 42.5 Å². The van der Waals surface area contributed by atoms with Gasteiger partial charge in [0.25, 0.3) is 5.91 Å². The summed E-state index contributed by atoms with van der Waals surface area (Å²) in [6.07, 6.45) is 3.01. The van der Waals surface area contributed by atoms with Crippen molar-refractivity contribution in [1.29, 1.82) is 0 Å². The third-order valence-electron chi connectivity index (χ3n) is 6.11. The first-order chi connectivity index (χ1) is 13.9. The van der Waals surface area contributed by atoms with Crippen molar-refractivity contribution >= 4 is 17.6 Å². The van der Waals surface area contributed by atoms with E-state index in [2.05, 4.69) is 25.2 Å². The van der Waals surface area contributed by atoms with Gasteiger partial charge in [-0.1, -0.05) is 26.0 Å². The maximum absolute atomic E-state index is 12.8. The summed E-state index contributed by atoms with van der Waals surface area (Å²) in [5.41, 5.74) is 4.49. The largest absolute Gasteiger partial charge is 0.465 e. The predicted molar refractivity (Wildman–Crippen MR) is 113 cm³/mol. The molecule has 0 spiro atoms. The fourth-order valence-electron chi connectivity index (χ4n) is 4.56. The second-order valence-electron chi connectivity index (χ2n) is 8.73. The SMILES string of the molecule is COC(=O)c1ccc2c(c1)CC(C)(C)C(c1cccc(C(=O)N3CCCC3)c1)N2. The third kappa shape index (κ3) is 3.74. The number of methoxy groups -OCH3 is 1. The first-order valence-electron chi connectivity index (χ1n) is 10.3. The van der Waals surface area contributed by atoms with Crippen molar-refractivity contribution in [3.63, 3.8) is 0 Å². The number of esters is 1. The Balaban J connectivity index is 1.63. The average molecular weight is 392 g/mol. The van der Waals surface area contributed by atoms with Crippen LogP contribution in [0, 0.1) is 5.41 Å². The molecule has 1 atom stereocenters. The number of ether oxygens (including phenoxy) is 1. The van der Waals surface area contributed by atoms with Gasteiger partial charge in [0.1, 0.15) is 0 Å². The van der Waals surface area contributed by atoms with E-state index in [1.54, 1.807) is 6.07 Å². The molecule has 152 valence electrons. The standard InChI is InChI=1S/C24H28N2O3/c1-24(2)15-19-14-18(23(28)29-3)9-10-20(19)25-21(24)16-7-6-8-17(13-16)22(27)26-11-4-5-12-26/h6-10,13-14,21,25H,4-5,11-12,15H2,1-3H3. The Labute approximate surface area is 172 Å². The highest BCUT2D eigenvalue weighted by Crippen LogP contribution is 2.45. The summed E-state index contributed by atoms with van der Waals surface area (Å²) < 4.78 is 4.85. The number of hydrogen-bond donors (Lipinski definition) is 1. The highest BCUT2D eigenvalue weighted by atomic mass is 16.5. The minimum atomic E-state index is -0.319. The van der Waals surface area contributed by atoms with Crippen LogP contribution in [0.2, 0.25) is 0 Å². The lowest BCUT2D eigenvalue weighted by Crippen LogP contribution is -2.35. The zero-order valence-electron chi connectivity index (χ0n) is 17.3. The summed E-state index contributed by atoms with van der Waals surface area (Å²) in [7, 11) is 1.40. The van der Waals surface area contributed by atoms with Crippen LogP contribution in [0.5, 0.6) is 0 Å². The Morgan fingerprint density at radius 2 is 1.83 bits per heavy atom. The molecule has 0 saturated carbocycles. The Morgan fingerprint density at radius 1 is 1.07 bits per heavy atom. The number of hydrogen-bond acceptors (Lipinski definition) is 4. The number of nitrogens with one attached hydrogen (secondary N) is 1. The molecule has 2 aliphatic rings. The molecule has 5 nitrogen and oxygen atoms in total. The van der Waals surface area contributed by atoms with Crippen LogP contribution in [0.4, 0.5) is 5.69 Å². The lowest BCUT2D eigenvalue weighted by atomic mass is 9.72. The molecule has 1 saturated heterocycles. The maximum Gasteiger partial charge on any atom is 0.337 e. The van der Waals surface area contributed by atoms with Gasteiger partial charge in [0.05, 0.1) is 18.7 Å². The molecule has 1 unspecified atom stereocenters. The van der Waals surface area contributed by atoms with Gasteiger partial charge in [0.15, 0.2) is 0 Å². The van der Waals surface area contributed by atoms with Crippen LogP contribution < -0.4 is 5.32 Å². The molecule has 1 fully saturated rings. The minimum Gasteiger partial charge on any atom is -0.465 e. The van der Waals surface area contributed by atoms with Gasteiger partial charge < -0.3 is 15.0 Å². The Bertz CT molecular complexity index is 945. The lowest BCUT2D eigenvalue weighted by Gasteiger charge is -2.41. The van der Waals surface area contributed by atoms with E-state index in [4.69, 9.17) is 4.74 Å². The van der Waals surface area contributed by atoms with E-state index >= 15 is 0 Å². The van der Waals surface area contributed by atoms with E-state index in [-0.39, 0.29) is 23.3 Å². The summed E-state index contributed by atoms with van der Waals surface area (Å²) in [6.45, 7) is 6.14. The van der Waals surface area contributed by atoms with Gasteiger partial charge in [-0.25, -0.2) is 4.79 Å². The number of rotatable bonds is 3. The van der Waals surface area contributed by atoms with Crippen molar-refractivity contribution in [3.8, 4) is 0 Å². The number of benzene rings is 2. The molecule has 2 aliphatic heterocycles. The van der Waals surface area contributed by atoms with E-state index in [0.29, 0.717) is 5.56 Å². The summed E-state index contributed by atoms with van der Waals surface area (Å²) in [5.74, 6) is -0.193. The third-order valence-corrected chi connectivity index (χ3v) is 6.11. The van der Waals surface area contributed by atoms with Crippen LogP contribution in [0.3, 0.4) is 0 Å². The van der Waals surface area contributed by atoms with E-state index in [0.717, 1.165) is 54.7 Å². The van der Waals surface area contributed by atoms with Crippen LogP contribution in [0.1, 0.15) is 64.6 Å². The van der Waals surface area contributed by atoms with Gasteiger partial charge in [-0.05, 0) is 66.1 Å². The molecule has 2 aromatic carbocycles. The molecule has 5 heteroatoms. The van der Waals surface area contributed by atoms with Gasteiger partial charge in [-0.3, -0.25) is 4.79 Å². The summed E-state index contributed by atoms with van der Waals surface area (Å²) in [6, 6.07) is 13.7. The van der Waals surface area contributed by atoms with Gasteiger partial charge in [-0.2, -0.15) is 0 Å². The van der Waals surface area contributed by atoms with Crippen LogP contribution in [-0.4, -0.2) is 37.0 Å². The number of fused-ring (bicyclic) bond motifs is 1. The van der Waals surface area contributed by atoms with Crippen molar-refractivity contribution in [2.24, 2.45) is 5.41 Å². The second kappa shape index (κ2) is 7.54. The highest BCUT2D eigenvalue weighted by molar-refractivity contribution is 5.94. The lowest BCUT2D eigenvalue weighted by molar-refractivity contribution is 0.0600. The maximum atomic E-state index is 12.8. The number of likely N-dealkylation sites (tertiary alicyclic amines) is 1. The zero-order chi connectivity index (χ0) is 20.6. The number of amides is 1. The fourth-order valence-corrected chi connectivity index (χ4v) is 4.56. The van der Waals surface area contributed by atoms with E-state index in [9.17, 15) is 9.59 Å². The molecule has 2 aromatic rings. The van der Waals surface area contributed by atoms with Gasteiger partial charge >= 0.3 is 5.97 Å². The molecular weight excluding hydrogens is 364 g/mol. The average Bonchev–Trinajstić information content (AvgIpc) is 3.26. The Morgan fingerprint density at radius 3 is 2.55 bits per heavy atom. The van der Waals surface area contributed by atoms with Crippen molar-refractivity contribution < 1.29 is 14.3 Å². The first-order valence-corrected chi connectivity index (χ1v) is 10.3. The van der Waals surface area contributed by atoms with Gasteiger partial charge in [0, 0.05) is 24.3 Å². The molecule has 0 aromatic heterocycles. The van der Waals surface area contributed by atoms with Gasteiger partial charge in [0.2, 0.25) is 0 Å². The smallest absolute Gasteiger partial charge is 0.337 e. The van der Waals surface area contributed by atoms with E-state index < -0.39 is 0 Å². The molecular formula is C24H28N2O3. The molecule has 1 N–H and O–H groups in total. The molecule has 4 rings (SSSR count). The zero-order valence-corrected chi connectivity index (χ0v) is 17.3.